The zero-order valence-electron chi connectivity index (χ0n) is 22.3. The maximum absolute atomic E-state index is 14.9. The molecule has 0 saturated carbocycles. The normalized spacial score (nSPS) is 14.5. The zero-order valence-corrected chi connectivity index (χ0v) is 22.3. The predicted octanol–water partition coefficient (Wildman–Crippen LogP) is 5.73. The summed E-state index contributed by atoms with van der Waals surface area (Å²) in [5.41, 5.74) is 1.62. The van der Waals surface area contributed by atoms with E-state index in [2.05, 4.69) is 38.7 Å². The van der Waals surface area contributed by atoms with Gasteiger partial charge in [-0.2, -0.15) is 0 Å². The summed E-state index contributed by atoms with van der Waals surface area (Å²) < 4.78 is 34.7. The van der Waals surface area contributed by atoms with E-state index < -0.39 is 17.6 Å². The lowest BCUT2D eigenvalue weighted by Crippen LogP contribution is -2.36. The van der Waals surface area contributed by atoms with Crippen molar-refractivity contribution in [3.63, 3.8) is 0 Å². The highest BCUT2D eigenvalue weighted by atomic mass is 19.1. The number of anilines is 1. The first-order valence-corrected chi connectivity index (χ1v) is 13.2. The topological polar surface area (TPSA) is 89.3 Å². The summed E-state index contributed by atoms with van der Waals surface area (Å²) in [4.78, 5) is 32.3. The van der Waals surface area contributed by atoms with Crippen LogP contribution in [0.3, 0.4) is 0 Å². The van der Waals surface area contributed by atoms with Crippen molar-refractivity contribution >= 4 is 35.2 Å². The number of nitrogens with zero attached hydrogens (tertiary/aromatic N) is 5. The van der Waals surface area contributed by atoms with Crippen LogP contribution >= 0.6 is 0 Å². The second-order valence-electron chi connectivity index (χ2n) is 9.39. The van der Waals surface area contributed by atoms with E-state index >= 15 is 0 Å². The molecule has 2 heterocycles. The molecule has 1 aliphatic rings. The van der Waals surface area contributed by atoms with Gasteiger partial charge in [-0.1, -0.05) is 30.6 Å². The Kier molecular flexibility index (Phi) is 9.51. The van der Waals surface area contributed by atoms with Gasteiger partial charge in [-0.15, -0.1) is 0 Å². The number of fused-ring (bicyclic) bond motifs is 1. The van der Waals surface area contributed by atoms with Crippen molar-refractivity contribution in [3.05, 3.63) is 53.9 Å². The van der Waals surface area contributed by atoms with Gasteiger partial charge in [-0.3, -0.25) is 4.79 Å². The first-order valence-electron chi connectivity index (χ1n) is 13.2. The minimum Gasteiger partial charge on any atom is -0.466 e. The van der Waals surface area contributed by atoms with Gasteiger partial charge in [0.1, 0.15) is 30.4 Å². The minimum atomic E-state index is -0.568. The molecule has 0 unspecified atom stereocenters. The van der Waals surface area contributed by atoms with Gasteiger partial charge in [-0.05, 0) is 62.2 Å². The lowest BCUT2D eigenvalue weighted by molar-refractivity contribution is -0.142. The summed E-state index contributed by atoms with van der Waals surface area (Å²) in [6.45, 7) is 9.51. The molecule has 0 N–H and O–H groups in total. The van der Waals surface area contributed by atoms with Gasteiger partial charge in [-0.25, -0.2) is 23.7 Å². The summed E-state index contributed by atoms with van der Waals surface area (Å²) in [6, 6.07) is 7.21. The molecule has 1 aliphatic heterocycles. The van der Waals surface area contributed by atoms with E-state index in [1.807, 2.05) is 0 Å². The number of amidine groups is 1. The number of hydrogen-bond donors (Lipinski definition) is 0. The largest absolute Gasteiger partial charge is 0.466 e. The molecule has 0 radical (unpaired) electrons. The summed E-state index contributed by atoms with van der Waals surface area (Å²) in [5, 5.41) is 4.73. The van der Waals surface area contributed by atoms with Crippen molar-refractivity contribution in [1.82, 2.24) is 9.97 Å². The van der Waals surface area contributed by atoms with Crippen LogP contribution in [-0.4, -0.2) is 54.8 Å². The molecule has 0 bridgehead atoms. The zero-order chi connectivity index (χ0) is 27.8. The molecule has 0 amide bonds. The molecule has 8 nitrogen and oxygen atoms in total. The number of esters is 1. The number of carbonyl (C=O) groups is 1. The number of aliphatic imine (C=N–C) groups is 1. The van der Waals surface area contributed by atoms with E-state index in [1.54, 1.807) is 13.0 Å². The van der Waals surface area contributed by atoms with Crippen molar-refractivity contribution in [2.75, 3.05) is 31.2 Å². The van der Waals surface area contributed by atoms with E-state index in [1.165, 1.54) is 30.6 Å². The lowest BCUT2D eigenvalue weighted by atomic mass is 9.95. The highest BCUT2D eigenvalue weighted by Gasteiger charge is 2.26. The number of carbonyl (C=O) groups excluding carboxylic acids is 1. The fourth-order valence-corrected chi connectivity index (χ4v) is 4.72. The summed E-state index contributed by atoms with van der Waals surface area (Å²) >= 11 is 0. The fourth-order valence-electron chi connectivity index (χ4n) is 4.72. The molecule has 0 aliphatic carbocycles. The van der Waals surface area contributed by atoms with E-state index in [-0.39, 0.29) is 24.5 Å². The fraction of sp³-hybridized carbons (Fsp3) is 0.414. The average Bonchev–Trinajstić information content (AvgIpc) is 2.94. The molecule has 0 spiro atoms. The number of aromatic nitrogens is 2. The third-order valence-electron chi connectivity index (χ3n) is 6.76. The molecule has 4 rings (SSSR count). The van der Waals surface area contributed by atoms with Gasteiger partial charge in [0.15, 0.2) is 5.84 Å². The Labute approximate surface area is 226 Å². The summed E-state index contributed by atoms with van der Waals surface area (Å²) in [6.07, 6.45) is 4.73. The molecule has 3 aromatic rings. The van der Waals surface area contributed by atoms with E-state index in [0.717, 1.165) is 25.7 Å². The van der Waals surface area contributed by atoms with Crippen LogP contribution in [0.1, 0.15) is 45.1 Å². The van der Waals surface area contributed by atoms with Gasteiger partial charge in [0, 0.05) is 30.0 Å². The molecule has 1 aromatic heterocycles. The lowest BCUT2D eigenvalue weighted by Gasteiger charge is -2.32. The second kappa shape index (κ2) is 13.2. The Hall–Kier alpha value is -3.95. The highest BCUT2D eigenvalue weighted by Crippen LogP contribution is 2.35. The van der Waals surface area contributed by atoms with Gasteiger partial charge in [0.05, 0.1) is 18.5 Å². The van der Waals surface area contributed by atoms with Gasteiger partial charge >= 0.3 is 5.97 Å². The Balaban J connectivity index is 1.57. The number of oxime groups is 1. The smallest absolute Gasteiger partial charge is 0.310 e. The molecule has 1 saturated heterocycles. The van der Waals surface area contributed by atoms with E-state index in [4.69, 9.17) is 9.57 Å². The van der Waals surface area contributed by atoms with Crippen LogP contribution in [0.4, 0.5) is 14.6 Å². The SMILES string of the molecule is C=N/C(=N\OCCCC)C1CCN(c2ncnc3c(-c4ccc(CC(=O)OCC)c(F)c4)cc(F)cc23)CC1. The van der Waals surface area contributed by atoms with Crippen LogP contribution in [-0.2, 0) is 20.8 Å². The van der Waals surface area contributed by atoms with Crippen LogP contribution in [0.15, 0.2) is 46.8 Å². The number of rotatable bonds is 10. The highest BCUT2D eigenvalue weighted by molar-refractivity contribution is 5.99. The van der Waals surface area contributed by atoms with Crippen molar-refractivity contribution in [3.8, 4) is 11.1 Å². The number of ether oxygens (including phenoxy) is 1. The molecule has 206 valence electrons. The molecule has 39 heavy (non-hydrogen) atoms. The summed E-state index contributed by atoms with van der Waals surface area (Å²) in [5.74, 6) is -0.234. The van der Waals surface area contributed by atoms with Crippen LogP contribution < -0.4 is 4.90 Å². The minimum absolute atomic E-state index is 0.108. The van der Waals surface area contributed by atoms with Crippen LogP contribution in [0, 0.1) is 17.6 Å². The maximum atomic E-state index is 14.9. The Bertz CT molecular complexity index is 1360. The van der Waals surface area contributed by atoms with Crippen LogP contribution in [0.2, 0.25) is 0 Å². The number of piperidine rings is 1. The van der Waals surface area contributed by atoms with Crippen molar-refractivity contribution < 1.29 is 23.1 Å². The second-order valence-corrected chi connectivity index (χ2v) is 9.39. The Morgan fingerprint density at radius 1 is 1.15 bits per heavy atom. The monoisotopic (exact) mass is 537 g/mol. The van der Waals surface area contributed by atoms with Crippen molar-refractivity contribution in [1.29, 1.82) is 0 Å². The first kappa shape index (κ1) is 28.1. The number of halogens is 2. The number of unbranched alkanes of at least 4 members (excludes halogenated alkanes) is 1. The number of hydrogen-bond acceptors (Lipinski definition) is 7. The molecule has 2 aromatic carbocycles. The molecule has 10 heteroatoms. The van der Waals surface area contributed by atoms with Crippen molar-refractivity contribution in [2.45, 2.75) is 46.0 Å². The van der Waals surface area contributed by atoms with Gasteiger partial charge < -0.3 is 14.5 Å². The molecular formula is C29H33F2N5O3. The molecular weight excluding hydrogens is 504 g/mol. The van der Waals surface area contributed by atoms with E-state index in [0.29, 0.717) is 53.4 Å². The Morgan fingerprint density at radius 2 is 1.95 bits per heavy atom. The standard InChI is InChI=1S/C29H33F2N5O3/c1-4-6-13-39-35-28(32-3)19-9-11-36(12-10-19)29-24-17-22(30)16-23(27(24)33-18-34-29)20-7-8-21(25(31)14-20)15-26(37)38-5-2/h7-8,14,16-19H,3-6,9-13,15H2,1-2H3/b35-28-. The van der Waals surface area contributed by atoms with Gasteiger partial charge in [0.2, 0.25) is 0 Å². The van der Waals surface area contributed by atoms with Crippen molar-refractivity contribution in [2.24, 2.45) is 16.1 Å². The van der Waals surface area contributed by atoms with Gasteiger partial charge in [0.25, 0.3) is 0 Å². The molecule has 0 atom stereocenters. The predicted molar refractivity (Wildman–Crippen MR) is 148 cm³/mol. The van der Waals surface area contributed by atoms with Crippen LogP contribution in [0.5, 0.6) is 0 Å². The van der Waals surface area contributed by atoms with Crippen LogP contribution in [0.25, 0.3) is 22.0 Å². The third-order valence-corrected chi connectivity index (χ3v) is 6.76. The molecule has 1 fully saturated rings. The quantitative estimate of drug-likeness (QED) is 0.108. The maximum Gasteiger partial charge on any atom is 0.310 e. The summed E-state index contributed by atoms with van der Waals surface area (Å²) in [7, 11) is 0. The third kappa shape index (κ3) is 6.74. The van der Waals surface area contributed by atoms with E-state index in [9.17, 15) is 13.6 Å². The number of benzene rings is 2. The first-order chi connectivity index (χ1) is 18.9. The Morgan fingerprint density at radius 3 is 2.64 bits per heavy atom. The average molecular weight is 538 g/mol.